The molecule has 1 aromatic heterocycles. The molecule has 1 fully saturated rings. The van der Waals surface area contributed by atoms with Gasteiger partial charge < -0.3 is 15.0 Å². The second-order valence-electron chi connectivity index (χ2n) is 4.45. The van der Waals surface area contributed by atoms with Crippen LogP contribution in [-0.4, -0.2) is 48.6 Å². The van der Waals surface area contributed by atoms with E-state index in [1.54, 1.807) is 18.4 Å². The predicted octanol–water partition coefficient (Wildman–Crippen LogP) is 0.870. The molecule has 0 bridgehead atoms. The van der Waals surface area contributed by atoms with Gasteiger partial charge in [0.05, 0.1) is 11.2 Å². The highest BCUT2D eigenvalue weighted by molar-refractivity contribution is 7.07. The van der Waals surface area contributed by atoms with Gasteiger partial charge in [-0.15, -0.1) is 11.3 Å². The number of hydrogen-bond acceptors (Lipinski definition) is 5. The van der Waals surface area contributed by atoms with E-state index < -0.39 is 0 Å². The molecular formula is C12H19N3O2S. The van der Waals surface area contributed by atoms with Gasteiger partial charge in [-0.25, -0.2) is 4.98 Å². The number of likely N-dealkylation sites (tertiary alicyclic amines) is 1. The molecule has 1 aliphatic heterocycles. The van der Waals surface area contributed by atoms with Crippen LogP contribution in [0, 0.1) is 0 Å². The van der Waals surface area contributed by atoms with Crippen LogP contribution in [0.3, 0.4) is 0 Å². The zero-order valence-corrected chi connectivity index (χ0v) is 11.4. The van der Waals surface area contributed by atoms with Crippen molar-refractivity contribution in [3.8, 4) is 0 Å². The summed E-state index contributed by atoms with van der Waals surface area (Å²) in [7, 11) is 1.56. The molecule has 2 heterocycles. The van der Waals surface area contributed by atoms with Gasteiger partial charge in [0.15, 0.2) is 0 Å². The summed E-state index contributed by atoms with van der Waals surface area (Å²) in [6, 6.07) is 0.485. The second kappa shape index (κ2) is 6.82. The molecule has 1 amide bonds. The monoisotopic (exact) mass is 269 g/mol. The SMILES string of the molecule is COCC(=O)N1CCC(NCc2cscn2)CC1. The summed E-state index contributed by atoms with van der Waals surface area (Å²) in [5.41, 5.74) is 2.95. The number of hydrogen-bond donors (Lipinski definition) is 1. The van der Waals surface area contributed by atoms with E-state index in [0.29, 0.717) is 6.04 Å². The lowest BCUT2D eigenvalue weighted by Crippen LogP contribution is -2.45. The summed E-state index contributed by atoms with van der Waals surface area (Å²) < 4.78 is 4.87. The zero-order valence-electron chi connectivity index (χ0n) is 10.6. The molecule has 1 N–H and O–H groups in total. The number of carbonyl (C=O) groups excluding carboxylic acids is 1. The first-order valence-electron chi connectivity index (χ1n) is 6.16. The van der Waals surface area contributed by atoms with Gasteiger partial charge in [-0.2, -0.15) is 0 Å². The van der Waals surface area contributed by atoms with Gasteiger partial charge in [0.2, 0.25) is 5.91 Å². The van der Waals surface area contributed by atoms with E-state index in [4.69, 9.17) is 4.74 Å². The van der Waals surface area contributed by atoms with Crippen molar-refractivity contribution in [1.29, 1.82) is 0 Å². The Balaban J connectivity index is 1.68. The van der Waals surface area contributed by atoms with Crippen molar-refractivity contribution in [2.45, 2.75) is 25.4 Å². The van der Waals surface area contributed by atoms with Crippen molar-refractivity contribution in [2.75, 3.05) is 26.8 Å². The van der Waals surface area contributed by atoms with E-state index in [2.05, 4.69) is 15.7 Å². The number of thiazole rings is 1. The lowest BCUT2D eigenvalue weighted by molar-refractivity contribution is -0.136. The lowest BCUT2D eigenvalue weighted by atomic mass is 10.0. The standard InChI is InChI=1S/C12H19N3O2S/c1-17-7-12(16)15-4-2-10(3-5-15)13-6-11-8-18-9-14-11/h8-10,13H,2-7H2,1H3. The Bertz CT molecular complexity index is 361. The summed E-state index contributed by atoms with van der Waals surface area (Å²) in [6.07, 6.45) is 2.00. The molecule has 5 nitrogen and oxygen atoms in total. The molecule has 0 unspecified atom stereocenters. The highest BCUT2D eigenvalue weighted by Crippen LogP contribution is 2.11. The minimum absolute atomic E-state index is 0.0930. The molecule has 1 saturated heterocycles. The third kappa shape index (κ3) is 3.76. The smallest absolute Gasteiger partial charge is 0.248 e. The second-order valence-corrected chi connectivity index (χ2v) is 5.17. The summed E-state index contributed by atoms with van der Waals surface area (Å²) in [5.74, 6) is 0.0930. The van der Waals surface area contributed by atoms with Gasteiger partial charge >= 0.3 is 0 Å². The predicted molar refractivity (Wildman–Crippen MR) is 70.4 cm³/mol. The average Bonchev–Trinajstić information content (AvgIpc) is 2.90. The summed E-state index contributed by atoms with van der Waals surface area (Å²) in [6.45, 7) is 2.64. The number of aromatic nitrogens is 1. The fourth-order valence-electron chi connectivity index (χ4n) is 2.12. The highest BCUT2D eigenvalue weighted by Gasteiger charge is 2.22. The molecule has 0 aliphatic carbocycles. The zero-order chi connectivity index (χ0) is 12.8. The maximum Gasteiger partial charge on any atom is 0.248 e. The fourth-order valence-corrected chi connectivity index (χ4v) is 2.68. The van der Waals surface area contributed by atoms with Crippen molar-refractivity contribution >= 4 is 17.2 Å². The Morgan fingerprint density at radius 1 is 1.61 bits per heavy atom. The molecule has 0 aromatic carbocycles. The maximum atomic E-state index is 11.6. The third-order valence-corrected chi connectivity index (χ3v) is 3.81. The van der Waals surface area contributed by atoms with Crippen LogP contribution in [0.5, 0.6) is 0 Å². The molecule has 1 aliphatic rings. The molecule has 6 heteroatoms. The first-order chi connectivity index (χ1) is 8.79. The normalized spacial score (nSPS) is 17.1. The molecule has 0 atom stereocenters. The molecule has 0 radical (unpaired) electrons. The van der Waals surface area contributed by atoms with Gasteiger partial charge in [-0.05, 0) is 12.8 Å². The number of amides is 1. The minimum atomic E-state index is 0.0930. The van der Waals surface area contributed by atoms with Gasteiger partial charge in [-0.3, -0.25) is 4.79 Å². The van der Waals surface area contributed by atoms with Gasteiger partial charge in [-0.1, -0.05) is 0 Å². The third-order valence-electron chi connectivity index (χ3n) is 3.17. The number of methoxy groups -OCH3 is 1. The maximum absolute atomic E-state index is 11.6. The summed E-state index contributed by atoms with van der Waals surface area (Å²) in [4.78, 5) is 17.7. The quantitative estimate of drug-likeness (QED) is 0.862. The van der Waals surface area contributed by atoms with Crippen molar-refractivity contribution in [1.82, 2.24) is 15.2 Å². The summed E-state index contributed by atoms with van der Waals surface area (Å²) in [5, 5.41) is 5.55. The molecule has 0 saturated carbocycles. The lowest BCUT2D eigenvalue weighted by Gasteiger charge is -2.32. The first kappa shape index (κ1) is 13.5. The van der Waals surface area contributed by atoms with E-state index in [9.17, 15) is 4.79 Å². The van der Waals surface area contributed by atoms with Crippen LogP contribution in [0.25, 0.3) is 0 Å². The van der Waals surface area contributed by atoms with Gasteiger partial charge in [0.1, 0.15) is 6.61 Å². The molecule has 18 heavy (non-hydrogen) atoms. The Morgan fingerprint density at radius 2 is 2.39 bits per heavy atom. The van der Waals surface area contributed by atoms with Crippen molar-refractivity contribution in [3.05, 3.63) is 16.6 Å². The fraction of sp³-hybridized carbons (Fsp3) is 0.667. The number of ether oxygens (including phenoxy) is 1. The number of piperidine rings is 1. The van der Waals surface area contributed by atoms with Crippen LogP contribution in [0.4, 0.5) is 0 Å². The van der Waals surface area contributed by atoms with Crippen LogP contribution in [0.1, 0.15) is 18.5 Å². The highest BCUT2D eigenvalue weighted by atomic mass is 32.1. The first-order valence-corrected chi connectivity index (χ1v) is 7.11. The number of rotatable bonds is 5. The topological polar surface area (TPSA) is 54.5 Å². The number of nitrogens with zero attached hydrogens (tertiary/aromatic N) is 2. The summed E-state index contributed by atoms with van der Waals surface area (Å²) >= 11 is 1.62. The molecule has 0 spiro atoms. The van der Waals surface area contributed by atoms with E-state index in [1.807, 2.05) is 10.4 Å². The van der Waals surface area contributed by atoms with Crippen molar-refractivity contribution in [3.63, 3.8) is 0 Å². The van der Waals surface area contributed by atoms with Crippen molar-refractivity contribution < 1.29 is 9.53 Å². The Hall–Kier alpha value is -0.980. The van der Waals surface area contributed by atoms with Gasteiger partial charge in [0.25, 0.3) is 0 Å². The van der Waals surface area contributed by atoms with E-state index in [1.165, 1.54) is 0 Å². The largest absolute Gasteiger partial charge is 0.375 e. The molecule has 2 rings (SSSR count). The Kier molecular flexibility index (Phi) is 5.10. The average molecular weight is 269 g/mol. The van der Waals surface area contributed by atoms with Gasteiger partial charge in [0, 0.05) is 38.2 Å². The Morgan fingerprint density at radius 3 is 3.00 bits per heavy atom. The number of carbonyl (C=O) groups is 1. The molecule has 100 valence electrons. The van der Waals surface area contributed by atoms with E-state index in [-0.39, 0.29) is 12.5 Å². The van der Waals surface area contributed by atoms with Crippen LogP contribution in [-0.2, 0) is 16.1 Å². The molecule has 1 aromatic rings. The van der Waals surface area contributed by atoms with Crippen LogP contribution in [0.15, 0.2) is 10.9 Å². The van der Waals surface area contributed by atoms with Crippen LogP contribution in [0.2, 0.25) is 0 Å². The van der Waals surface area contributed by atoms with Crippen molar-refractivity contribution in [2.24, 2.45) is 0 Å². The number of nitrogens with one attached hydrogen (secondary N) is 1. The minimum Gasteiger partial charge on any atom is -0.375 e. The van der Waals surface area contributed by atoms with Crippen LogP contribution < -0.4 is 5.32 Å². The van der Waals surface area contributed by atoms with E-state index >= 15 is 0 Å². The van der Waals surface area contributed by atoms with E-state index in [0.717, 1.165) is 38.2 Å². The Labute approximate surface area is 111 Å². The molecular weight excluding hydrogens is 250 g/mol. The van der Waals surface area contributed by atoms with Crippen LogP contribution >= 0.6 is 11.3 Å².